The molecule has 2 rings (SSSR count). The van der Waals surface area contributed by atoms with Crippen molar-refractivity contribution in [2.45, 2.75) is 43.8 Å². The van der Waals surface area contributed by atoms with Crippen molar-refractivity contribution in [2.24, 2.45) is 0 Å². The molecule has 0 atom stereocenters. The summed E-state index contributed by atoms with van der Waals surface area (Å²) in [6, 6.07) is 8.13. The van der Waals surface area contributed by atoms with Gasteiger partial charge in [-0.05, 0) is 38.2 Å². The monoisotopic (exact) mass is 408 g/mol. The molecule has 0 unspecified atom stereocenters. The fourth-order valence-corrected chi connectivity index (χ4v) is 3.91. The number of hydrogen-bond acceptors (Lipinski definition) is 7. The molecule has 1 N–H and O–H groups in total. The molecule has 0 radical (unpaired) electrons. The third-order valence-electron chi connectivity index (χ3n) is 4.37. The molecule has 1 amide bonds. The van der Waals surface area contributed by atoms with Crippen molar-refractivity contribution in [1.82, 2.24) is 20.4 Å². The summed E-state index contributed by atoms with van der Waals surface area (Å²) in [6.45, 7) is 7.82. The SMILES string of the molecule is CCN(CC)CCCNC(=O)CCc1nc(CS(=O)(=O)c2ccccc2)no1. The molecule has 2 aromatic rings. The second kappa shape index (κ2) is 10.9. The zero-order valence-electron chi connectivity index (χ0n) is 16.4. The number of rotatable bonds is 12. The number of nitrogens with zero attached hydrogens (tertiary/aromatic N) is 3. The number of carbonyl (C=O) groups is 1. The van der Waals surface area contributed by atoms with Crippen LogP contribution in [0, 0.1) is 0 Å². The molecule has 1 heterocycles. The van der Waals surface area contributed by atoms with Gasteiger partial charge in [-0.3, -0.25) is 4.79 Å². The average Bonchev–Trinajstić information content (AvgIpc) is 3.14. The molecular weight excluding hydrogens is 380 g/mol. The molecule has 0 bridgehead atoms. The second-order valence-corrected chi connectivity index (χ2v) is 8.40. The van der Waals surface area contributed by atoms with E-state index in [1.807, 2.05) is 0 Å². The lowest BCUT2D eigenvalue weighted by molar-refractivity contribution is -0.121. The summed E-state index contributed by atoms with van der Waals surface area (Å²) in [5.74, 6) is -0.0656. The van der Waals surface area contributed by atoms with Gasteiger partial charge in [-0.15, -0.1) is 0 Å². The van der Waals surface area contributed by atoms with Crippen LogP contribution < -0.4 is 5.32 Å². The lowest BCUT2D eigenvalue weighted by atomic mass is 10.3. The van der Waals surface area contributed by atoms with Crippen molar-refractivity contribution in [3.8, 4) is 0 Å². The van der Waals surface area contributed by atoms with Gasteiger partial charge in [0.2, 0.25) is 11.8 Å². The third-order valence-corrected chi connectivity index (χ3v) is 5.99. The van der Waals surface area contributed by atoms with E-state index in [0.717, 1.165) is 26.1 Å². The quantitative estimate of drug-likeness (QED) is 0.534. The van der Waals surface area contributed by atoms with Gasteiger partial charge in [0.1, 0.15) is 5.75 Å². The minimum Gasteiger partial charge on any atom is -0.356 e. The Kier molecular flexibility index (Phi) is 8.59. The molecule has 1 aromatic carbocycles. The molecule has 8 nitrogen and oxygen atoms in total. The number of benzene rings is 1. The Morgan fingerprint density at radius 2 is 1.89 bits per heavy atom. The predicted molar refractivity (Wildman–Crippen MR) is 105 cm³/mol. The van der Waals surface area contributed by atoms with Crippen LogP contribution in [-0.4, -0.2) is 55.5 Å². The second-order valence-electron chi connectivity index (χ2n) is 6.41. The van der Waals surface area contributed by atoms with Crippen molar-refractivity contribution in [1.29, 1.82) is 0 Å². The number of aryl methyl sites for hydroxylation is 1. The predicted octanol–water partition coefficient (Wildman–Crippen LogP) is 1.82. The van der Waals surface area contributed by atoms with E-state index >= 15 is 0 Å². The lowest BCUT2D eigenvalue weighted by Crippen LogP contribution is -2.30. The normalized spacial score (nSPS) is 11.7. The summed E-state index contributed by atoms with van der Waals surface area (Å²) >= 11 is 0. The molecule has 0 aliphatic rings. The van der Waals surface area contributed by atoms with Crippen LogP contribution in [0.4, 0.5) is 0 Å². The molecule has 0 fully saturated rings. The Morgan fingerprint density at radius 1 is 1.18 bits per heavy atom. The maximum absolute atomic E-state index is 12.3. The molecule has 0 saturated heterocycles. The Bertz CT molecular complexity index is 833. The Hall–Kier alpha value is -2.26. The van der Waals surface area contributed by atoms with Crippen molar-refractivity contribution >= 4 is 15.7 Å². The molecule has 154 valence electrons. The highest BCUT2D eigenvalue weighted by Crippen LogP contribution is 2.14. The summed E-state index contributed by atoms with van der Waals surface area (Å²) in [5.41, 5.74) is 0. The van der Waals surface area contributed by atoms with Crippen molar-refractivity contribution < 1.29 is 17.7 Å². The maximum atomic E-state index is 12.3. The van der Waals surface area contributed by atoms with Crippen LogP contribution in [0.25, 0.3) is 0 Å². The Labute approximate surface area is 166 Å². The minimum atomic E-state index is -3.53. The zero-order valence-corrected chi connectivity index (χ0v) is 17.2. The first-order valence-electron chi connectivity index (χ1n) is 9.53. The number of nitrogens with one attached hydrogen (secondary N) is 1. The van der Waals surface area contributed by atoms with Crippen LogP contribution in [0.15, 0.2) is 39.8 Å². The van der Waals surface area contributed by atoms with Crippen molar-refractivity contribution in [3.05, 3.63) is 42.0 Å². The molecular formula is C19H28N4O4S. The van der Waals surface area contributed by atoms with Crippen LogP contribution in [0.5, 0.6) is 0 Å². The van der Waals surface area contributed by atoms with Crippen LogP contribution in [-0.2, 0) is 26.8 Å². The molecule has 9 heteroatoms. The highest BCUT2D eigenvalue weighted by atomic mass is 32.2. The summed E-state index contributed by atoms with van der Waals surface area (Å²) < 4.78 is 29.7. The summed E-state index contributed by atoms with van der Waals surface area (Å²) in [6.07, 6.45) is 1.40. The highest BCUT2D eigenvalue weighted by Gasteiger charge is 2.19. The number of amides is 1. The molecule has 28 heavy (non-hydrogen) atoms. The third kappa shape index (κ3) is 7.05. The van der Waals surface area contributed by atoms with Gasteiger partial charge in [-0.1, -0.05) is 37.2 Å². The van der Waals surface area contributed by atoms with Gasteiger partial charge in [-0.25, -0.2) is 8.42 Å². The van der Waals surface area contributed by atoms with E-state index in [4.69, 9.17) is 4.52 Å². The van der Waals surface area contributed by atoms with E-state index in [2.05, 4.69) is 34.2 Å². The van der Waals surface area contributed by atoms with Gasteiger partial charge >= 0.3 is 0 Å². The van der Waals surface area contributed by atoms with Crippen molar-refractivity contribution in [3.63, 3.8) is 0 Å². The van der Waals surface area contributed by atoms with Gasteiger partial charge in [0, 0.05) is 19.4 Å². The lowest BCUT2D eigenvalue weighted by Gasteiger charge is -2.17. The summed E-state index contributed by atoms with van der Waals surface area (Å²) in [5, 5.41) is 6.59. The van der Waals surface area contributed by atoms with E-state index in [-0.39, 0.29) is 41.1 Å². The first-order chi connectivity index (χ1) is 13.4. The molecule has 1 aromatic heterocycles. The van der Waals surface area contributed by atoms with E-state index in [9.17, 15) is 13.2 Å². The molecule has 0 spiro atoms. The summed E-state index contributed by atoms with van der Waals surface area (Å²) in [7, 11) is -3.53. The topological polar surface area (TPSA) is 105 Å². The molecule has 0 aliphatic heterocycles. The number of carbonyl (C=O) groups excluding carboxylic acids is 1. The number of sulfone groups is 1. The standard InChI is InChI=1S/C19H28N4O4S/c1-3-23(4-2)14-8-13-20-18(24)11-12-19-21-17(22-27-19)15-28(25,26)16-9-6-5-7-10-16/h5-7,9-10H,3-4,8,11-15H2,1-2H3,(H,20,24). The van der Waals surface area contributed by atoms with E-state index in [0.29, 0.717) is 6.54 Å². The fraction of sp³-hybridized carbons (Fsp3) is 0.526. The minimum absolute atomic E-state index is 0.0868. The fourth-order valence-electron chi connectivity index (χ4n) is 2.71. The van der Waals surface area contributed by atoms with Gasteiger partial charge in [0.05, 0.1) is 4.90 Å². The van der Waals surface area contributed by atoms with Crippen LogP contribution in [0.3, 0.4) is 0 Å². The van der Waals surface area contributed by atoms with E-state index < -0.39 is 9.84 Å². The zero-order chi connectivity index (χ0) is 20.4. The van der Waals surface area contributed by atoms with Crippen LogP contribution in [0.2, 0.25) is 0 Å². The molecule has 0 saturated carbocycles. The number of hydrogen-bond donors (Lipinski definition) is 1. The van der Waals surface area contributed by atoms with Gasteiger partial charge in [0.25, 0.3) is 0 Å². The maximum Gasteiger partial charge on any atom is 0.227 e. The van der Waals surface area contributed by atoms with Gasteiger partial charge in [0.15, 0.2) is 15.7 Å². The first-order valence-corrected chi connectivity index (χ1v) is 11.2. The van der Waals surface area contributed by atoms with Crippen LogP contribution >= 0.6 is 0 Å². The van der Waals surface area contributed by atoms with Gasteiger partial charge in [-0.2, -0.15) is 4.98 Å². The number of aromatic nitrogens is 2. The Balaban J connectivity index is 1.75. The van der Waals surface area contributed by atoms with E-state index in [1.165, 1.54) is 12.1 Å². The highest BCUT2D eigenvalue weighted by molar-refractivity contribution is 7.90. The average molecular weight is 409 g/mol. The van der Waals surface area contributed by atoms with Crippen LogP contribution in [0.1, 0.15) is 38.4 Å². The first kappa shape index (κ1) is 22.0. The van der Waals surface area contributed by atoms with Crippen molar-refractivity contribution in [2.75, 3.05) is 26.2 Å². The Morgan fingerprint density at radius 3 is 2.57 bits per heavy atom. The van der Waals surface area contributed by atoms with E-state index in [1.54, 1.807) is 18.2 Å². The molecule has 0 aliphatic carbocycles. The smallest absolute Gasteiger partial charge is 0.227 e. The summed E-state index contributed by atoms with van der Waals surface area (Å²) in [4.78, 5) is 18.5. The largest absolute Gasteiger partial charge is 0.356 e. The van der Waals surface area contributed by atoms with Gasteiger partial charge < -0.3 is 14.7 Å².